The summed E-state index contributed by atoms with van der Waals surface area (Å²) in [7, 11) is 0. The van der Waals surface area contributed by atoms with Crippen molar-refractivity contribution in [3.8, 4) is 17.1 Å². The quantitative estimate of drug-likeness (QED) is 0.314. The second-order valence-electron chi connectivity index (χ2n) is 8.91. The third-order valence-corrected chi connectivity index (χ3v) is 6.19. The first-order valence-corrected chi connectivity index (χ1v) is 12.3. The number of nitrogens with one attached hydrogen (secondary N) is 2. The summed E-state index contributed by atoms with van der Waals surface area (Å²) in [6.45, 7) is 6.57. The molecule has 9 heteroatoms. The predicted octanol–water partition coefficient (Wildman–Crippen LogP) is 2.73. The molecule has 0 aliphatic carbocycles. The average molecular weight is 502 g/mol. The fraction of sp³-hybridized carbons (Fsp3) is 0.286. The molecule has 3 aromatic rings. The van der Waals surface area contributed by atoms with Gasteiger partial charge in [-0.15, -0.1) is 0 Å². The van der Waals surface area contributed by atoms with Gasteiger partial charge in [0.15, 0.2) is 18.1 Å². The monoisotopic (exact) mass is 501 g/mol. The molecule has 0 fully saturated rings. The SMILES string of the molecule is CCC(C)NC(=O)C(C)Oc1cccc(-c2nc3c(c(Nc4ccc(/C(C=[NH2+])=C/N)cc4)n2)COC3)c1. The molecule has 0 saturated heterocycles. The van der Waals surface area contributed by atoms with E-state index in [-0.39, 0.29) is 11.9 Å². The first-order valence-electron chi connectivity index (χ1n) is 12.3. The maximum absolute atomic E-state index is 12.4. The zero-order valence-corrected chi connectivity index (χ0v) is 21.3. The Kier molecular flexibility index (Phi) is 8.15. The number of rotatable bonds is 10. The third kappa shape index (κ3) is 6.13. The van der Waals surface area contributed by atoms with Gasteiger partial charge >= 0.3 is 0 Å². The number of anilines is 2. The molecule has 0 spiro atoms. The third-order valence-electron chi connectivity index (χ3n) is 6.19. The van der Waals surface area contributed by atoms with Crippen LogP contribution in [-0.4, -0.2) is 34.2 Å². The lowest BCUT2D eigenvalue weighted by atomic mass is 10.1. The van der Waals surface area contributed by atoms with Crippen molar-refractivity contribution in [1.29, 1.82) is 0 Å². The Balaban J connectivity index is 1.57. The van der Waals surface area contributed by atoms with Gasteiger partial charge in [0, 0.05) is 29.1 Å². The van der Waals surface area contributed by atoms with Crippen molar-refractivity contribution in [1.82, 2.24) is 15.3 Å². The molecule has 1 aliphatic rings. The van der Waals surface area contributed by atoms with Crippen molar-refractivity contribution in [2.45, 2.75) is 52.6 Å². The lowest BCUT2D eigenvalue weighted by Gasteiger charge is -2.18. The number of amides is 1. The molecular weight excluding hydrogens is 468 g/mol. The number of hydrogen-bond acceptors (Lipinski definition) is 7. The van der Waals surface area contributed by atoms with E-state index in [0.29, 0.717) is 30.6 Å². The highest BCUT2D eigenvalue weighted by Gasteiger charge is 2.22. The second-order valence-corrected chi connectivity index (χ2v) is 8.91. The van der Waals surface area contributed by atoms with E-state index in [1.165, 1.54) is 12.4 Å². The van der Waals surface area contributed by atoms with Gasteiger partial charge in [0.25, 0.3) is 5.91 Å². The Bertz CT molecular complexity index is 1310. The molecule has 1 amide bonds. The molecule has 0 saturated carbocycles. The van der Waals surface area contributed by atoms with Crippen LogP contribution in [0.1, 0.15) is 44.0 Å². The van der Waals surface area contributed by atoms with Crippen LogP contribution in [-0.2, 0) is 22.7 Å². The van der Waals surface area contributed by atoms with Crippen molar-refractivity contribution in [3.05, 3.63) is 71.6 Å². The van der Waals surface area contributed by atoms with E-state index in [9.17, 15) is 4.79 Å². The molecule has 37 heavy (non-hydrogen) atoms. The molecule has 2 atom stereocenters. The summed E-state index contributed by atoms with van der Waals surface area (Å²) >= 11 is 0. The first-order chi connectivity index (χ1) is 17.9. The molecular formula is C28H33N6O3+. The highest BCUT2D eigenvalue weighted by molar-refractivity contribution is 6.06. The van der Waals surface area contributed by atoms with Crippen LogP contribution >= 0.6 is 0 Å². The van der Waals surface area contributed by atoms with Gasteiger partial charge in [-0.05, 0) is 50.1 Å². The Labute approximate surface area is 216 Å². The number of carbonyl (C=O) groups excluding carboxylic acids is 1. The predicted molar refractivity (Wildman–Crippen MR) is 144 cm³/mol. The number of hydrogen-bond donors (Lipinski definition) is 4. The average Bonchev–Trinajstić information content (AvgIpc) is 3.39. The molecule has 192 valence electrons. The number of nitrogens with two attached hydrogens (primary N) is 2. The Morgan fingerprint density at radius 1 is 1.19 bits per heavy atom. The fourth-order valence-corrected chi connectivity index (χ4v) is 3.84. The molecule has 9 nitrogen and oxygen atoms in total. The lowest BCUT2D eigenvalue weighted by molar-refractivity contribution is -0.127. The van der Waals surface area contributed by atoms with Crippen molar-refractivity contribution in [2.75, 3.05) is 5.32 Å². The summed E-state index contributed by atoms with van der Waals surface area (Å²) in [6.07, 6.45) is 3.16. The summed E-state index contributed by atoms with van der Waals surface area (Å²) in [6, 6.07) is 15.3. The van der Waals surface area contributed by atoms with Crippen molar-refractivity contribution >= 4 is 29.2 Å². The number of allylic oxidation sites excluding steroid dienone is 1. The molecule has 1 aromatic heterocycles. The summed E-state index contributed by atoms with van der Waals surface area (Å²) in [5.41, 5.74) is 10.7. The Morgan fingerprint density at radius 3 is 2.68 bits per heavy atom. The molecule has 0 bridgehead atoms. The minimum Gasteiger partial charge on any atom is -0.481 e. The van der Waals surface area contributed by atoms with Crippen LogP contribution in [0.15, 0.2) is 54.7 Å². The van der Waals surface area contributed by atoms with Crippen LogP contribution in [0.5, 0.6) is 5.75 Å². The molecule has 1 aliphatic heterocycles. The van der Waals surface area contributed by atoms with Crippen LogP contribution in [0, 0.1) is 0 Å². The van der Waals surface area contributed by atoms with Gasteiger partial charge in [-0.1, -0.05) is 31.2 Å². The smallest absolute Gasteiger partial charge is 0.260 e. The topological polar surface area (TPSA) is 137 Å². The summed E-state index contributed by atoms with van der Waals surface area (Å²) in [5.74, 6) is 1.63. The number of fused-ring (bicyclic) bond motifs is 1. The normalized spacial score (nSPS) is 14.4. The van der Waals surface area contributed by atoms with Crippen molar-refractivity contribution in [2.24, 2.45) is 5.73 Å². The fourth-order valence-electron chi connectivity index (χ4n) is 3.84. The van der Waals surface area contributed by atoms with Crippen molar-refractivity contribution in [3.63, 3.8) is 0 Å². The summed E-state index contributed by atoms with van der Waals surface area (Å²) in [4.78, 5) is 22.0. The number of aromatic nitrogens is 2. The summed E-state index contributed by atoms with van der Waals surface area (Å²) < 4.78 is 11.6. The van der Waals surface area contributed by atoms with Crippen LogP contribution in [0.25, 0.3) is 17.0 Å². The summed E-state index contributed by atoms with van der Waals surface area (Å²) in [5, 5.41) is 12.0. The van der Waals surface area contributed by atoms with Gasteiger partial charge in [0.1, 0.15) is 11.6 Å². The van der Waals surface area contributed by atoms with Crippen LogP contribution in [0.4, 0.5) is 11.5 Å². The zero-order chi connectivity index (χ0) is 26.4. The Morgan fingerprint density at radius 2 is 1.97 bits per heavy atom. The highest BCUT2D eigenvalue weighted by atomic mass is 16.5. The number of ether oxygens (including phenoxy) is 2. The van der Waals surface area contributed by atoms with E-state index >= 15 is 0 Å². The number of benzene rings is 2. The van der Waals surface area contributed by atoms with Crippen LogP contribution < -0.4 is 26.5 Å². The maximum Gasteiger partial charge on any atom is 0.260 e. The number of nitrogens with zero attached hydrogens (tertiary/aromatic N) is 2. The minimum absolute atomic E-state index is 0.0900. The molecule has 2 aromatic carbocycles. The largest absolute Gasteiger partial charge is 0.481 e. The van der Waals surface area contributed by atoms with E-state index < -0.39 is 6.10 Å². The number of carbonyl (C=O) groups is 1. The van der Waals surface area contributed by atoms with Gasteiger partial charge < -0.3 is 25.8 Å². The van der Waals surface area contributed by atoms with E-state index in [1.54, 1.807) is 6.92 Å². The van der Waals surface area contributed by atoms with Gasteiger partial charge in [0.05, 0.1) is 24.5 Å². The lowest BCUT2D eigenvalue weighted by Crippen LogP contribution is -2.40. The molecule has 0 radical (unpaired) electrons. The highest BCUT2D eigenvalue weighted by Crippen LogP contribution is 2.31. The first kappa shape index (κ1) is 25.8. The van der Waals surface area contributed by atoms with Crippen LogP contribution in [0.3, 0.4) is 0 Å². The molecule has 2 unspecified atom stereocenters. The van der Waals surface area contributed by atoms with Gasteiger partial charge in [0.2, 0.25) is 0 Å². The molecule has 2 heterocycles. The zero-order valence-electron chi connectivity index (χ0n) is 21.3. The van der Waals surface area contributed by atoms with E-state index in [1.807, 2.05) is 62.4 Å². The van der Waals surface area contributed by atoms with E-state index in [0.717, 1.165) is 40.1 Å². The Hall–Kier alpha value is -4.24. The standard InChI is InChI=1S/C28H32N6O3/c1-4-17(2)31-28(35)18(3)37-23-7-5-6-20(12-23)26-33-25-16-36-15-24(25)27(34-26)32-22-10-8-19(9-11-22)21(13-29)14-30/h5-14,17-18,29H,4,15-16,30H2,1-3H3,(H,31,35)(H,32,33,34)/p+1/b21-14+,29-13?. The molecule has 4 rings (SSSR count). The van der Waals surface area contributed by atoms with E-state index in [4.69, 9.17) is 30.6 Å². The van der Waals surface area contributed by atoms with E-state index in [2.05, 4.69) is 10.6 Å². The van der Waals surface area contributed by atoms with Gasteiger partial charge in [-0.3, -0.25) is 10.2 Å². The maximum atomic E-state index is 12.4. The van der Waals surface area contributed by atoms with Gasteiger partial charge in [-0.2, -0.15) is 0 Å². The molecule has 6 N–H and O–H groups in total. The van der Waals surface area contributed by atoms with Crippen molar-refractivity contribution < 1.29 is 19.7 Å². The second kappa shape index (κ2) is 11.7. The minimum atomic E-state index is -0.634. The van der Waals surface area contributed by atoms with Gasteiger partial charge in [-0.25, -0.2) is 9.97 Å². The van der Waals surface area contributed by atoms with Crippen LogP contribution in [0.2, 0.25) is 0 Å².